The molecule has 2 aromatic rings. The highest BCUT2D eigenvalue weighted by Crippen LogP contribution is 2.23. The summed E-state index contributed by atoms with van der Waals surface area (Å²) in [6.07, 6.45) is 0. The van der Waals surface area contributed by atoms with Crippen molar-refractivity contribution in [2.45, 2.75) is 13.0 Å². The van der Waals surface area contributed by atoms with E-state index in [0.29, 0.717) is 13.2 Å². The van der Waals surface area contributed by atoms with E-state index in [1.807, 2.05) is 36.4 Å². The Morgan fingerprint density at radius 1 is 1.10 bits per heavy atom. The Morgan fingerprint density at radius 3 is 2.57 bits per heavy atom. The van der Waals surface area contributed by atoms with Gasteiger partial charge in [-0.05, 0) is 36.8 Å². The molecule has 21 heavy (non-hydrogen) atoms. The summed E-state index contributed by atoms with van der Waals surface area (Å²) in [5.74, 6) is 1.09. The molecule has 1 atom stereocenters. The molecule has 0 aliphatic carbocycles. The third-order valence-electron chi connectivity index (χ3n) is 3.17. The third kappa shape index (κ3) is 4.68. The van der Waals surface area contributed by atoms with E-state index in [4.69, 9.17) is 9.47 Å². The van der Waals surface area contributed by atoms with Crippen molar-refractivity contribution in [1.82, 2.24) is 0 Å². The second kappa shape index (κ2) is 7.55. The van der Waals surface area contributed by atoms with Crippen LogP contribution in [0.1, 0.15) is 18.5 Å². The van der Waals surface area contributed by atoms with Gasteiger partial charge >= 0.3 is 0 Å². The molecule has 2 rings (SSSR count). The van der Waals surface area contributed by atoms with Gasteiger partial charge in [0.2, 0.25) is 0 Å². The van der Waals surface area contributed by atoms with Gasteiger partial charge in [-0.2, -0.15) is 0 Å². The maximum absolute atomic E-state index is 9.32. The molecule has 0 aliphatic rings. The highest BCUT2D eigenvalue weighted by Gasteiger charge is 2.06. The van der Waals surface area contributed by atoms with Gasteiger partial charge in [-0.25, -0.2) is 0 Å². The molecule has 2 N–H and O–H groups in total. The number of phenols is 1. The van der Waals surface area contributed by atoms with E-state index in [-0.39, 0.29) is 11.8 Å². The second-order valence-corrected chi connectivity index (χ2v) is 4.83. The fraction of sp³-hybridized carbons (Fsp3) is 0.294. The normalized spacial score (nSPS) is 11.9. The van der Waals surface area contributed by atoms with Crippen LogP contribution >= 0.6 is 0 Å². The Morgan fingerprint density at radius 2 is 1.86 bits per heavy atom. The van der Waals surface area contributed by atoms with Crippen molar-refractivity contribution in [3.05, 3.63) is 54.1 Å². The Labute approximate surface area is 125 Å². The first-order valence-electron chi connectivity index (χ1n) is 6.96. The van der Waals surface area contributed by atoms with E-state index in [2.05, 4.69) is 12.2 Å². The summed E-state index contributed by atoms with van der Waals surface area (Å²) >= 11 is 0. The summed E-state index contributed by atoms with van der Waals surface area (Å²) in [6, 6.07) is 15.2. The van der Waals surface area contributed by atoms with Crippen LogP contribution in [0, 0.1) is 0 Å². The van der Waals surface area contributed by atoms with Crippen molar-refractivity contribution in [1.29, 1.82) is 0 Å². The van der Waals surface area contributed by atoms with Gasteiger partial charge in [0.15, 0.2) is 0 Å². The minimum Gasteiger partial charge on any atom is -0.508 e. The lowest BCUT2D eigenvalue weighted by Crippen LogP contribution is -2.07. The predicted molar refractivity (Wildman–Crippen MR) is 84.0 cm³/mol. The first-order valence-corrected chi connectivity index (χ1v) is 6.96. The number of aromatic hydroxyl groups is 1. The lowest BCUT2D eigenvalue weighted by Gasteiger charge is -2.16. The van der Waals surface area contributed by atoms with Crippen LogP contribution in [0.15, 0.2) is 48.5 Å². The van der Waals surface area contributed by atoms with Gasteiger partial charge in [-0.3, -0.25) is 0 Å². The van der Waals surface area contributed by atoms with Gasteiger partial charge in [0.25, 0.3) is 0 Å². The van der Waals surface area contributed by atoms with E-state index in [0.717, 1.165) is 17.0 Å². The number of ether oxygens (including phenoxy) is 2. The number of methoxy groups -OCH3 is 1. The van der Waals surface area contributed by atoms with Gasteiger partial charge in [0.05, 0.1) is 6.61 Å². The molecule has 112 valence electrons. The van der Waals surface area contributed by atoms with Gasteiger partial charge in [-0.1, -0.05) is 18.2 Å². The third-order valence-corrected chi connectivity index (χ3v) is 3.17. The van der Waals surface area contributed by atoms with Crippen molar-refractivity contribution in [2.24, 2.45) is 0 Å². The largest absolute Gasteiger partial charge is 0.508 e. The number of anilines is 1. The number of nitrogens with one attached hydrogen (secondary N) is 1. The highest BCUT2D eigenvalue weighted by atomic mass is 16.5. The lowest BCUT2D eigenvalue weighted by molar-refractivity contribution is 0.146. The molecule has 0 amide bonds. The SMILES string of the molecule is COCCOc1cccc(NC(C)c2ccc(O)cc2)c1. The van der Waals surface area contributed by atoms with Crippen LogP contribution in [0.25, 0.3) is 0 Å². The smallest absolute Gasteiger partial charge is 0.121 e. The van der Waals surface area contributed by atoms with Gasteiger partial charge in [0, 0.05) is 24.9 Å². The van der Waals surface area contributed by atoms with Crippen LogP contribution < -0.4 is 10.1 Å². The molecule has 0 heterocycles. The van der Waals surface area contributed by atoms with Crippen molar-refractivity contribution in [3.63, 3.8) is 0 Å². The Hall–Kier alpha value is -2.20. The monoisotopic (exact) mass is 287 g/mol. The molecule has 4 heteroatoms. The number of hydrogen-bond donors (Lipinski definition) is 2. The van der Waals surface area contributed by atoms with E-state index in [1.54, 1.807) is 19.2 Å². The number of phenolic OH excluding ortho intramolecular Hbond substituents is 1. The highest BCUT2D eigenvalue weighted by molar-refractivity contribution is 5.50. The molecule has 0 aliphatic heterocycles. The van der Waals surface area contributed by atoms with Crippen LogP contribution in [0.3, 0.4) is 0 Å². The Balaban J connectivity index is 1.98. The summed E-state index contributed by atoms with van der Waals surface area (Å²) in [6.45, 7) is 3.18. The van der Waals surface area contributed by atoms with E-state index >= 15 is 0 Å². The van der Waals surface area contributed by atoms with E-state index in [9.17, 15) is 5.11 Å². The first-order chi connectivity index (χ1) is 10.2. The number of rotatable bonds is 7. The number of benzene rings is 2. The van der Waals surface area contributed by atoms with Gasteiger partial charge in [0.1, 0.15) is 18.1 Å². The average Bonchev–Trinajstić information content (AvgIpc) is 2.48. The second-order valence-electron chi connectivity index (χ2n) is 4.83. The molecule has 0 bridgehead atoms. The molecule has 0 radical (unpaired) electrons. The topological polar surface area (TPSA) is 50.7 Å². The van der Waals surface area contributed by atoms with Crippen LogP contribution in [0.5, 0.6) is 11.5 Å². The van der Waals surface area contributed by atoms with Crippen molar-refractivity contribution < 1.29 is 14.6 Å². The quantitative estimate of drug-likeness (QED) is 0.764. The molecule has 0 fully saturated rings. The van der Waals surface area contributed by atoms with Crippen LogP contribution in [-0.2, 0) is 4.74 Å². The molecule has 1 unspecified atom stereocenters. The maximum Gasteiger partial charge on any atom is 0.121 e. The van der Waals surface area contributed by atoms with Crippen molar-refractivity contribution in [2.75, 3.05) is 25.6 Å². The predicted octanol–water partition coefficient (Wildman–Crippen LogP) is 3.59. The molecule has 0 spiro atoms. The molecule has 0 saturated heterocycles. The van der Waals surface area contributed by atoms with E-state index < -0.39 is 0 Å². The zero-order valence-electron chi connectivity index (χ0n) is 12.4. The molecular formula is C17H21NO3. The molecular weight excluding hydrogens is 266 g/mol. The van der Waals surface area contributed by atoms with Gasteiger partial charge < -0.3 is 19.9 Å². The van der Waals surface area contributed by atoms with Gasteiger partial charge in [-0.15, -0.1) is 0 Å². The van der Waals surface area contributed by atoms with Crippen LogP contribution in [0.2, 0.25) is 0 Å². The number of hydrogen-bond acceptors (Lipinski definition) is 4. The zero-order chi connectivity index (χ0) is 15.1. The summed E-state index contributed by atoms with van der Waals surface area (Å²) in [4.78, 5) is 0. The fourth-order valence-corrected chi connectivity index (χ4v) is 2.01. The molecule has 4 nitrogen and oxygen atoms in total. The first kappa shape index (κ1) is 15.2. The summed E-state index contributed by atoms with van der Waals surface area (Å²) < 4.78 is 10.6. The van der Waals surface area contributed by atoms with Crippen molar-refractivity contribution >= 4 is 5.69 Å². The molecule has 0 aromatic heterocycles. The summed E-state index contributed by atoms with van der Waals surface area (Å²) in [5, 5.41) is 12.7. The van der Waals surface area contributed by atoms with E-state index in [1.165, 1.54) is 0 Å². The summed E-state index contributed by atoms with van der Waals surface area (Å²) in [7, 11) is 1.65. The van der Waals surface area contributed by atoms with Crippen molar-refractivity contribution in [3.8, 4) is 11.5 Å². The minimum absolute atomic E-state index is 0.139. The zero-order valence-corrected chi connectivity index (χ0v) is 12.4. The molecule has 2 aromatic carbocycles. The van der Waals surface area contributed by atoms with Crippen LogP contribution in [-0.4, -0.2) is 25.4 Å². The Kier molecular flexibility index (Phi) is 5.46. The maximum atomic E-state index is 9.32. The average molecular weight is 287 g/mol. The summed E-state index contributed by atoms with van der Waals surface area (Å²) in [5.41, 5.74) is 2.10. The Bertz CT molecular complexity index is 554. The minimum atomic E-state index is 0.139. The standard InChI is InChI=1S/C17H21NO3/c1-13(14-6-8-16(19)9-7-14)18-15-4-3-5-17(12-15)21-11-10-20-2/h3-9,12-13,18-19H,10-11H2,1-2H3. The molecule has 0 saturated carbocycles. The van der Waals surface area contributed by atoms with Crippen LogP contribution in [0.4, 0.5) is 5.69 Å². The fourth-order valence-electron chi connectivity index (χ4n) is 2.01. The lowest BCUT2D eigenvalue weighted by atomic mass is 10.1.